The van der Waals surface area contributed by atoms with Crippen LogP contribution in [0.2, 0.25) is 0 Å². The molecule has 116 valence electrons. The zero-order valence-corrected chi connectivity index (χ0v) is 14.2. The average molecular weight is 325 g/mol. The lowest BCUT2D eigenvalue weighted by Crippen LogP contribution is -2.18. The normalized spacial score (nSPS) is 21.4. The van der Waals surface area contributed by atoms with Crippen LogP contribution in [0, 0.1) is 0 Å². The van der Waals surface area contributed by atoms with E-state index in [2.05, 4.69) is 12.2 Å². The molecule has 0 heterocycles. The lowest BCUT2D eigenvalue weighted by atomic mass is 10.1. The van der Waals surface area contributed by atoms with Gasteiger partial charge in [0.05, 0.1) is 11.3 Å². The van der Waals surface area contributed by atoms with E-state index >= 15 is 0 Å². The second-order valence-electron chi connectivity index (χ2n) is 5.15. The molecule has 21 heavy (non-hydrogen) atoms. The number of hydrogen-bond acceptors (Lipinski definition) is 4. The van der Waals surface area contributed by atoms with Crippen molar-refractivity contribution < 1.29 is 9.90 Å². The zero-order valence-electron chi connectivity index (χ0n) is 12.6. The average Bonchev–Trinajstić information content (AvgIpc) is 2.87. The number of anilines is 1. The largest absolute Gasteiger partial charge is 0.478 e. The van der Waals surface area contributed by atoms with Gasteiger partial charge in [-0.1, -0.05) is 19.9 Å². The smallest absolute Gasteiger partial charge is 0.338 e. The van der Waals surface area contributed by atoms with Crippen molar-refractivity contribution >= 4 is 35.2 Å². The van der Waals surface area contributed by atoms with E-state index in [4.69, 9.17) is 0 Å². The Kier molecular flexibility index (Phi) is 6.30. The maximum Gasteiger partial charge on any atom is 0.338 e. The first-order valence-corrected chi connectivity index (χ1v) is 9.56. The summed E-state index contributed by atoms with van der Waals surface area (Å²) in [5.74, 6) is 1.19. The molecule has 0 saturated heterocycles. The van der Waals surface area contributed by atoms with Crippen molar-refractivity contribution in [2.75, 3.05) is 16.8 Å². The van der Waals surface area contributed by atoms with Crippen LogP contribution in [0.5, 0.6) is 0 Å². The molecule has 5 heteroatoms. The molecule has 0 bridgehead atoms. The summed E-state index contributed by atoms with van der Waals surface area (Å²) in [6.07, 6.45) is 3.48. The van der Waals surface area contributed by atoms with E-state index in [1.807, 2.05) is 36.9 Å². The number of carbonyl (C=O) groups is 1. The lowest BCUT2D eigenvalue weighted by Gasteiger charge is -2.18. The van der Waals surface area contributed by atoms with Gasteiger partial charge in [-0.05, 0) is 42.9 Å². The number of carboxylic acid groups (broad SMARTS) is 1. The van der Waals surface area contributed by atoms with Gasteiger partial charge in [-0.2, -0.15) is 11.8 Å². The van der Waals surface area contributed by atoms with E-state index in [-0.39, 0.29) is 0 Å². The van der Waals surface area contributed by atoms with Gasteiger partial charge >= 0.3 is 5.97 Å². The first-order chi connectivity index (χ1) is 10.2. The summed E-state index contributed by atoms with van der Waals surface area (Å²) in [7, 11) is 0. The third-order valence-corrected chi connectivity index (χ3v) is 5.86. The van der Waals surface area contributed by atoms with Crippen LogP contribution in [0.4, 0.5) is 5.69 Å². The highest BCUT2D eigenvalue weighted by molar-refractivity contribution is 7.99. The number of carboxylic acids is 1. The number of thioether (sulfide) groups is 2. The molecule has 2 N–H and O–H groups in total. The molecule has 0 radical (unpaired) electrons. The van der Waals surface area contributed by atoms with Crippen LogP contribution < -0.4 is 5.32 Å². The Bertz CT molecular complexity index is 493. The van der Waals surface area contributed by atoms with Crippen LogP contribution in [0.25, 0.3) is 0 Å². The Morgan fingerprint density at radius 2 is 2.14 bits per heavy atom. The van der Waals surface area contributed by atoms with Crippen LogP contribution in [0.1, 0.15) is 43.5 Å². The summed E-state index contributed by atoms with van der Waals surface area (Å²) < 4.78 is 0. The van der Waals surface area contributed by atoms with Gasteiger partial charge in [-0.25, -0.2) is 4.79 Å². The Labute approximate surface area is 135 Å². The van der Waals surface area contributed by atoms with E-state index in [0.29, 0.717) is 16.9 Å². The van der Waals surface area contributed by atoms with Gasteiger partial charge in [0.15, 0.2) is 0 Å². The van der Waals surface area contributed by atoms with Crippen molar-refractivity contribution in [1.82, 2.24) is 0 Å². The number of aromatic carboxylic acids is 1. The van der Waals surface area contributed by atoms with Gasteiger partial charge in [-0.3, -0.25) is 0 Å². The predicted molar refractivity (Wildman–Crippen MR) is 93.0 cm³/mol. The first-order valence-electron chi connectivity index (χ1n) is 7.52. The number of rotatable bonds is 7. The quantitative estimate of drug-likeness (QED) is 0.718. The van der Waals surface area contributed by atoms with Crippen molar-refractivity contribution in [3.05, 3.63) is 23.8 Å². The van der Waals surface area contributed by atoms with Gasteiger partial charge in [0, 0.05) is 16.2 Å². The summed E-state index contributed by atoms with van der Waals surface area (Å²) in [5.41, 5.74) is 1.20. The van der Waals surface area contributed by atoms with Gasteiger partial charge in [-0.15, -0.1) is 11.8 Å². The molecule has 0 aromatic heterocycles. The highest BCUT2D eigenvalue weighted by Gasteiger charge is 2.26. The molecule has 0 aliphatic heterocycles. The summed E-state index contributed by atoms with van der Waals surface area (Å²) in [4.78, 5) is 12.5. The van der Waals surface area contributed by atoms with Gasteiger partial charge in [0.2, 0.25) is 0 Å². The number of benzene rings is 1. The molecule has 1 saturated carbocycles. The van der Waals surface area contributed by atoms with E-state index in [9.17, 15) is 9.90 Å². The van der Waals surface area contributed by atoms with E-state index in [1.165, 1.54) is 6.42 Å². The molecule has 0 spiro atoms. The topological polar surface area (TPSA) is 49.3 Å². The minimum Gasteiger partial charge on any atom is -0.478 e. The van der Waals surface area contributed by atoms with Crippen LogP contribution in [0.3, 0.4) is 0 Å². The molecule has 2 atom stereocenters. The molecule has 1 aromatic rings. The van der Waals surface area contributed by atoms with Gasteiger partial charge in [0.25, 0.3) is 0 Å². The Morgan fingerprint density at radius 1 is 1.33 bits per heavy atom. The van der Waals surface area contributed by atoms with Crippen molar-refractivity contribution in [1.29, 1.82) is 0 Å². The molecular formula is C16H23NO2S2. The summed E-state index contributed by atoms with van der Waals surface area (Å²) in [5, 5.41) is 13.7. The molecule has 3 nitrogen and oxygen atoms in total. The molecule has 1 aromatic carbocycles. The molecule has 1 fully saturated rings. The van der Waals surface area contributed by atoms with E-state index in [0.717, 1.165) is 34.9 Å². The maximum atomic E-state index is 11.6. The van der Waals surface area contributed by atoms with Crippen molar-refractivity contribution in [2.45, 2.75) is 49.3 Å². The zero-order chi connectivity index (χ0) is 15.2. The molecular weight excluding hydrogens is 302 g/mol. The SMILES string of the molecule is CCSc1cccc(NC2CCC(SCC)C2)c1C(=O)O. The lowest BCUT2D eigenvalue weighted by molar-refractivity contribution is 0.0694. The fourth-order valence-corrected chi connectivity index (χ4v) is 4.80. The first kappa shape index (κ1) is 16.6. The highest BCUT2D eigenvalue weighted by Crippen LogP contribution is 2.34. The standard InChI is InChI=1S/C16H23NO2S2/c1-3-20-12-9-8-11(10-12)17-13-6-5-7-14(21-4-2)15(13)16(18)19/h5-7,11-12,17H,3-4,8-10H2,1-2H3,(H,18,19). The van der Waals surface area contributed by atoms with Crippen molar-refractivity contribution in [3.63, 3.8) is 0 Å². The van der Waals surface area contributed by atoms with Crippen molar-refractivity contribution in [3.8, 4) is 0 Å². The predicted octanol–water partition coefficient (Wildman–Crippen LogP) is 4.58. The minimum absolute atomic E-state index is 0.397. The third kappa shape index (κ3) is 4.33. The fourth-order valence-electron chi connectivity index (χ4n) is 2.83. The number of nitrogens with one attached hydrogen (secondary N) is 1. The Hall–Kier alpha value is -0.810. The third-order valence-electron chi connectivity index (χ3n) is 3.69. The molecule has 1 aliphatic carbocycles. The molecule has 2 unspecified atom stereocenters. The van der Waals surface area contributed by atoms with Gasteiger partial charge < -0.3 is 10.4 Å². The second-order valence-corrected chi connectivity index (χ2v) is 8.03. The fraction of sp³-hybridized carbons (Fsp3) is 0.562. The maximum absolute atomic E-state index is 11.6. The second kappa shape index (κ2) is 7.99. The van der Waals surface area contributed by atoms with Crippen LogP contribution >= 0.6 is 23.5 Å². The van der Waals surface area contributed by atoms with E-state index in [1.54, 1.807) is 11.8 Å². The van der Waals surface area contributed by atoms with Crippen LogP contribution in [-0.2, 0) is 0 Å². The Morgan fingerprint density at radius 3 is 2.81 bits per heavy atom. The minimum atomic E-state index is -0.841. The summed E-state index contributed by atoms with van der Waals surface area (Å²) in [6, 6.07) is 6.13. The van der Waals surface area contributed by atoms with Crippen LogP contribution in [0.15, 0.2) is 23.1 Å². The molecule has 1 aliphatic rings. The molecule has 2 rings (SSSR count). The summed E-state index contributed by atoms with van der Waals surface area (Å²) in [6.45, 7) is 4.24. The monoisotopic (exact) mass is 325 g/mol. The molecule has 0 amide bonds. The van der Waals surface area contributed by atoms with Crippen molar-refractivity contribution in [2.24, 2.45) is 0 Å². The van der Waals surface area contributed by atoms with Gasteiger partial charge in [0.1, 0.15) is 0 Å². The van der Waals surface area contributed by atoms with Crippen LogP contribution in [-0.4, -0.2) is 33.9 Å². The highest BCUT2D eigenvalue weighted by atomic mass is 32.2. The summed E-state index contributed by atoms with van der Waals surface area (Å²) >= 11 is 3.60. The number of hydrogen-bond donors (Lipinski definition) is 2. The Balaban J connectivity index is 2.13. The van der Waals surface area contributed by atoms with E-state index < -0.39 is 5.97 Å².